The monoisotopic (exact) mass is 274 g/mol. The first kappa shape index (κ1) is 14.9. The van der Waals surface area contributed by atoms with E-state index in [0.717, 1.165) is 55.6 Å². The van der Waals surface area contributed by atoms with Crippen LogP contribution in [0.5, 0.6) is 0 Å². The zero-order chi connectivity index (χ0) is 14.5. The topological polar surface area (TPSA) is 32.3 Å². The van der Waals surface area contributed by atoms with Crippen LogP contribution in [0.4, 0.5) is 5.69 Å². The second-order valence-electron chi connectivity index (χ2n) is 5.68. The average molecular weight is 274 g/mol. The number of benzene rings is 1. The molecule has 0 aromatic heterocycles. The third-order valence-electron chi connectivity index (χ3n) is 4.08. The number of anilines is 1. The molecule has 1 fully saturated rings. The number of hydrogen-bond acceptors (Lipinski definition) is 2. The van der Waals surface area contributed by atoms with Crippen LogP contribution in [-0.4, -0.2) is 29.9 Å². The molecule has 1 unspecified atom stereocenters. The summed E-state index contributed by atoms with van der Waals surface area (Å²) in [5.41, 5.74) is 2.95. The number of nitrogens with zero attached hydrogens (tertiary/aromatic N) is 1. The highest BCUT2D eigenvalue weighted by molar-refractivity contribution is 6.00. The maximum atomic E-state index is 12.8. The number of likely N-dealkylation sites (tertiary alicyclic amines) is 1. The van der Waals surface area contributed by atoms with Gasteiger partial charge in [0, 0.05) is 24.8 Å². The molecule has 1 aromatic rings. The van der Waals surface area contributed by atoms with Crippen molar-refractivity contribution in [2.75, 3.05) is 18.4 Å². The molecule has 1 atom stereocenters. The fourth-order valence-electron chi connectivity index (χ4n) is 2.93. The largest absolute Gasteiger partial charge is 0.384 e. The van der Waals surface area contributed by atoms with Crippen LogP contribution in [0.2, 0.25) is 0 Å². The number of hydrogen-bond donors (Lipinski definition) is 1. The number of rotatable bonds is 5. The number of nitrogens with one attached hydrogen (secondary N) is 1. The van der Waals surface area contributed by atoms with Gasteiger partial charge >= 0.3 is 0 Å². The molecule has 0 spiro atoms. The van der Waals surface area contributed by atoms with Gasteiger partial charge in [0.05, 0.1) is 5.56 Å². The Balaban J connectivity index is 2.25. The summed E-state index contributed by atoms with van der Waals surface area (Å²) in [7, 11) is 0. The average Bonchev–Trinajstić information content (AvgIpc) is 2.93. The van der Waals surface area contributed by atoms with E-state index < -0.39 is 0 Å². The van der Waals surface area contributed by atoms with Gasteiger partial charge in [-0.3, -0.25) is 4.79 Å². The highest BCUT2D eigenvalue weighted by Gasteiger charge is 2.29. The molecule has 3 heteroatoms. The fourth-order valence-corrected chi connectivity index (χ4v) is 2.93. The summed E-state index contributed by atoms with van der Waals surface area (Å²) in [5.74, 6) is 0.191. The van der Waals surface area contributed by atoms with E-state index in [2.05, 4.69) is 30.1 Å². The summed E-state index contributed by atoms with van der Waals surface area (Å²) in [6.07, 6.45) is 4.39. The summed E-state index contributed by atoms with van der Waals surface area (Å²) < 4.78 is 0. The van der Waals surface area contributed by atoms with Gasteiger partial charge in [-0.25, -0.2) is 0 Å². The Morgan fingerprint density at radius 1 is 1.40 bits per heavy atom. The lowest BCUT2D eigenvalue weighted by Gasteiger charge is -2.25. The summed E-state index contributed by atoms with van der Waals surface area (Å²) in [4.78, 5) is 14.9. The molecule has 1 aliphatic heterocycles. The standard InChI is InChI=1S/C17H26N2O/c1-4-10-18-16-9-8-13(3)12-15(16)17(20)19-11-6-7-14(19)5-2/h8-9,12,14,18H,4-7,10-11H2,1-3H3. The number of aryl methyl sites for hydroxylation is 1. The van der Waals surface area contributed by atoms with Crippen molar-refractivity contribution < 1.29 is 4.79 Å². The second kappa shape index (κ2) is 6.78. The quantitative estimate of drug-likeness (QED) is 0.885. The Labute approximate surface area is 122 Å². The van der Waals surface area contributed by atoms with Crippen molar-refractivity contribution in [2.24, 2.45) is 0 Å². The zero-order valence-corrected chi connectivity index (χ0v) is 12.9. The van der Waals surface area contributed by atoms with Gasteiger partial charge in [-0.1, -0.05) is 25.5 Å². The van der Waals surface area contributed by atoms with E-state index in [-0.39, 0.29) is 5.91 Å². The molecule has 0 saturated carbocycles. The molecular weight excluding hydrogens is 248 g/mol. The second-order valence-corrected chi connectivity index (χ2v) is 5.68. The number of carbonyl (C=O) groups is 1. The normalized spacial score (nSPS) is 18.4. The molecule has 20 heavy (non-hydrogen) atoms. The third kappa shape index (κ3) is 3.14. The van der Waals surface area contributed by atoms with Crippen LogP contribution in [0, 0.1) is 6.92 Å². The molecule has 1 amide bonds. The molecule has 2 rings (SSSR count). The lowest BCUT2D eigenvalue weighted by Crippen LogP contribution is -2.35. The number of carbonyl (C=O) groups excluding carboxylic acids is 1. The first-order valence-electron chi connectivity index (χ1n) is 7.82. The Kier molecular flexibility index (Phi) is 5.05. The van der Waals surface area contributed by atoms with Gasteiger partial charge < -0.3 is 10.2 Å². The molecule has 1 N–H and O–H groups in total. The lowest BCUT2D eigenvalue weighted by molar-refractivity contribution is 0.0734. The van der Waals surface area contributed by atoms with Gasteiger partial charge in [0.25, 0.3) is 5.91 Å². The minimum Gasteiger partial charge on any atom is -0.384 e. The van der Waals surface area contributed by atoms with Crippen LogP contribution in [0.1, 0.15) is 55.5 Å². The van der Waals surface area contributed by atoms with Gasteiger partial charge in [0.15, 0.2) is 0 Å². The predicted molar refractivity (Wildman–Crippen MR) is 84.3 cm³/mol. The molecule has 1 heterocycles. The molecular formula is C17H26N2O. The summed E-state index contributed by atoms with van der Waals surface area (Å²) in [6, 6.07) is 6.54. The van der Waals surface area contributed by atoms with E-state index in [1.54, 1.807) is 0 Å². The first-order chi connectivity index (χ1) is 9.67. The minimum atomic E-state index is 0.191. The highest BCUT2D eigenvalue weighted by atomic mass is 16.2. The molecule has 0 radical (unpaired) electrons. The van der Waals surface area contributed by atoms with Crippen LogP contribution < -0.4 is 5.32 Å². The molecule has 1 aromatic carbocycles. The van der Waals surface area contributed by atoms with E-state index >= 15 is 0 Å². The van der Waals surface area contributed by atoms with Crippen molar-refractivity contribution in [1.82, 2.24) is 4.90 Å². The zero-order valence-electron chi connectivity index (χ0n) is 12.9. The SMILES string of the molecule is CCCNc1ccc(C)cc1C(=O)N1CCCC1CC. The summed E-state index contributed by atoms with van der Waals surface area (Å²) in [6.45, 7) is 8.15. The molecule has 3 nitrogen and oxygen atoms in total. The van der Waals surface area contributed by atoms with Crippen molar-refractivity contribution in [3.05, 3.63) is 29.3 Å². The molecule has 1 saturated heterocycles. The van der Waals surface area contributed by atoms with Crippen LogP contribution in [-0.2, 0) is 0 Å². The Hall–Kier alpha value is -1.51. The van der Waals surface area contributed by atoms with E-state index in [0.29, 0.717) is 6.04 Å². The van der Waals surface area contributed by atoms with Gasteiger partial charge in [-0.2, -0.15) is 0 Å². The third-order valence-corrected chi connectivity index (χ3v) is 4.08. The van der Waals surface area contributed by atoms with E-state index in [4.69, 9.17) is 0 Å². The maximum absolute atomic E-state index is 12.8. The van der Waals surface area contributed by atoms with Gasteiger partial charge in [0.1, 0.15) is 0 Å². The summed E-state index contributed by atoms with van der Waals surface area (Å²) in [5, 5.41) is 3.38. The van der Waals surface area contributed by atoms with Crippen LogP contribution in [0.15, 0.2) is 18.2 Å². The van der Waals surface area contributed by atoms with Crippen LogP contribution in [0.25, 0.3) is 0 Å². The van der Waals surface area contributed by atoms with Gasteiger partial charge in [-0.05, 0) is 44.7 Å². The summed E-state index contributed by atoms with van der Waals surface area (Å²) >= 11 is 0. The van der Waals surface area contributed by atoms with Crippen LogP contribution >= 0.6 is 0 Å². The van der Waals surface area contributed by atoms with Crippen LogP contribution in [0.3, 0.4) is 0 Å². The first-order valence-corrected chi connectivity index (χ1v) is 7.82. The van der Waals surface area contributed by atoms with Gasteiger partial charge in [0.2, 0.25) is 0 Å². The van der Waals surface area contributed by atoms with Gasteiger partial charge in [-0.15, -0.1) is 0 Å². The molecule has 0 aliphatic carbocycles. The number of amides is 1. The van der Waals surface area contributed by atoms with E-state index in [1.165, 1.54) is 0 Å². The van der Waals surface area contributed by atoms with Crippen molar-refractivity contribution in [3.63, 3.8) is 0 Å². The Morgan fingerprint density at radius 2 is 2.20 bits per heavy atom. The Bertz CT molecular complexity index is 470. The van der Waals surface area contributed by atoms with Crippen molar-refractivity contribution in [2.45, 2.75) is 52.5 Å². The van der Waals surface area contributed by atoms with E-state index in [9.17, 15) is 4.79 Å². The fraction of sp³-hybridized carbons (Fsp3) is 0.588. The van der Waals surface area contributed by atoms with Crippen molar-refractivity contribution in [1.29, 1.82) is 0 Å². The molecule has 110 valence electrons. The molecule has 0 bridgehead atoms. The smallest absolute Gasteiger partial charge is 0.256 e. The molecule has 1 aliphatic rings. The minimum absolute atomic E-state index is 0.191. The highest BCUT2D eigenvalue weighted by Crippen LogP contribution is 2.26. The lowest BCUT2D eigenvalue weighted by atomic mass is 10.1. The van der Waals surface area contributed by atoms with Crippen molar-refractivity contribution in [3.8, 4) is 0 Å². The Morgan fingerprint density at radius 3 is 2.90 bits per heavy atom. The van der Waals surface area contributed by atoms with Crippen molar-refractivity contribution >= 4 is 11.6 Å². The predicted octanol–water partition coefficient (Wildman–Crippen LogP) is 3.83. The maximum Gasteiger partial charge on any atom is 0.256 e. The van der Waals surface area contributed by atoms with E-state index in [1.807, 2.05) is 19.1 Å².